The zero-order chi connectivity index (χ0) is 18.4. The number of carbonyl (C=O) groups excluding carboxylic acids is 2. The second kappa shape index (κ2) is 8.22. The van der Waals surface area contributed by atoms with Crippen molar-refractivity contribution >= 4 is 29.4 Å². The van der Waals surface area contributed by atoms with Gasteiger partial charge >= 0.3 is 5.97 Å². The summed E-state index contributed by atoms with van der Waals surface area (Å²) in [5, 5.41) is 5.76. The molecular formula is C20H16N2O3S. The minimum absolute atomic E-state index is 0.275. The third-order valence-electron chi connectivity index (χ3n) is 3.51. The van der Waals surface area contributed by atoms with Gasteiger partial charge in [0, 0.05) is 5.56 Å². The highest BCUT2D eigenvalue weighted by molar-refractivity contribution is 7.12. The smallest absolute Gasteiger partial charge is 0.353 e. The molecule has 0 aliphatic rings. The lowest BCUT2D eigenvalue weighted by Crippen LogP contribution is -2.17. The normalized spacial score (nSPS) is 10.7. The quantitative estimate of drug-likeness (QED) is 0.322. The van der Waals surface area contributed by atoms with Crippen molar-refractivity contribution in [1.29, 1.82) is 0 Å². The molecule has 1 heterocycles. The lowest BCUT2D eigenvalue weighted by molar-refractivity contribution is 0.0739. The minimum Gasteiger partial charge on any atom is -0.422 e. The Bertz CT molecular complexity index is 915. The number of rotatable bonds is 5. The molecule has 0 atom stereocenters. The number of nitrogens with one attached hydrogen (secondary N) is 1. The lowest BCUT2D eigenvalue weighted by Gasteiger charge is -2.03. The monoisotopic (exact) mass is 364 g/mol. The summed E-state index contributed by atoms with van der Waals surface area (Å²) in [6.45, 7) is 1.96. The van der Waals surface area contributed by atoms with Crippen molar-refractivity contribution in [2.75, 3.05) is 0 Å². The molecule has 3 aromatic rings. The minimum atomic E-state index is -0.383. The highest BCUT2D eigenvalue weighted by atomic mass is 32.1. The first kappa shape index (κ1) is 17.6. The van der Waals surface area contributed by atoms with E-state index in [0.29, 0.717) is 16.2 Å². The van der Waals surface area contributed by atoms with E-state index in [-0.39, 0.29) is 11.9 Å². The van der Waals surface area contributed by atoms with Crippen LogP contribution in [-0.2, 0) is 0 Å². The molecular weight excluding hydrogens is 348 g/mol. The standard InChI is InChI=1S/C20H16N2O3S/c1-14-4-8-16(9-5-14)19(23)22-21-13-15-6-10-17(11-7-15)25-20(24)18-3-2-12-26-18/h2-13H,1H3,(H,22,23)/b21-13-. The van der Waals surface area contributed by atoms with Crippen LogP contribution in [0.2, 0.25) is 0 Å². The summed E-state index contributed by atoms with van der Waals surface area (Å²) in [6, 6.07) is 17.6. The molecule has 130 valence electrons. The predicted octanol–water partition coefficient (Wildman–Crippen LogP) is 4.04. The van der Waals surface area contributed by atoms with E-state index in [1.807, 2.05) is 24.4 Å². The summed E-state index contributed by atoms with van der Waals surface area (Å²) < 4.78 is 5.28. The number of ether oxygens (including phenoxy) is 1. The Balaban J connectivity index is 1.55. The van der Waals surface area contributed by atoms with Crippen LogP contribution in [-0.4, -0.2) is 18.1 Å². The second-order valence-electron chi connectivity index (χ2n) is 5.50. The van der Waals surface area contributed by atoms with E-state index in [1.165, 1.54) is 17.6 Å². The number of aryl methyl sites for hydroxylation is 1. The average molecular weight is 364 g/mol. The molecule has 0 radical (unpaired) electrons. The molecule has 0 spiro atoms. The number of hydrazone groups is 1. The maximum absolute atomic E-state index is 12.0. The van der Waals surface area contributed by atoms with Crippen molar-refractivity contribution in [1.82, 2.24) is 5.43 Å². The summed E-state index contributed by atoms with van der Waals surface area (Å²) in [7, 11) is 0. The van der Waals surface area contributed by atoms with E-state index in [2.05, 4.69) is 10.5 Å². The van der Waals surface area contributed by atoms with Gasteiger partial charge in [0.1, 0.15) is 10.6 Å². The van der Waals surface area contributed by atoms with Crippen LogP contribution in [0.1, 0.15) is 31.2 Å². The first-order chi connectivity index (χ1) is 12.6. The number of thiophene rings is 1. The van der Waals surface area contributed by atoms with E-state index in [4.69, 9.17) is 4.74 Å². The topological polar surface area (TPSA) is 67.8 Å². The second-order valence-corrected chi connectivity index (χ2v) is 6.45. The van der Waals surface area contributed by atoms with Crippen LogP contribution in [0.4, 0.5) is 0 Å². The van der Waals surface area contributed by atoms with Crippen molar-refractivity contribution in [3.63, 3.8) is 0 Å². The molecule has 26 heavy (non-hydrogen) atoms. The molecule has 1 aromatic heterocycles. The van der Waals surface area contributed by atoms with Gasteiger partial charge in [-0.1, -0.05) is 23.8 Å². The van der Waals surface area contributed by atoms with Crippen LogP contribution in [0, 0.1) is 6.92 Å². The molecule has 1 N–H and O–H groups in total. The van der Waals surface area contributed by atoms with Gasteiger partial charge in [0.2, 0.25) is 0 Å². The van der Waals surface area contributed by atoms with Gasteiger partial charge in [-0.05, 0) is 60.3 Å². The van der Waals surface area contributed by atoms with Gasteiger partial charge in [-0.2, -0.15) is 5.10 Å². The summed E-state index contributed by atoms with van der Waals surface area (Å²) in [5.41, 5.74) is 4.88. The Morgan fingerprint density at radius 2 is 1.77 bits per heavy atom. The van der Waals surface area contributed by atoms with Crippen LogP contribution in [0.3, 0.4) is 0 Å². The molecule has 0 unspecified atom stereocenters. The van der Waals surface area contributed by atoms with Crippen LogP contribution < -0.4 is 10.2 Å². The van der Waals surface area contributed by atoms with Crippen LogP contribution in [0.25, 0.3) is 0 Å². The third-order valence-corrected chi connectivity index (χ3v) is 4.36. The lowest BCUT2D eigenvalue weighted by atomic mass is 10.1. The number of amides is 1. The maximum atomic E-state index is 12.0. The number of carbonyl (C=O) groups is 2. The molecule has 0 aliphatic heterocycles. The fourth-order valence-electron chi connectivity index (χ4n) is 2.11. The zero-order valence-corrected chi connectivity index (χ0v) is 14.8. The zero-order valence-electron chi connectivity index (χ0n) is 14.0. The summed E-state index contributed by atoms with van der Waals surface area (Å²) in [6.07, 6.45) is 1.52. The van der Waals surface area contributed by atoms with Crippen LogP contribution in [0.15, 0.2) is 71.1 Å². The molecule has 0 fully saturated rings. The van der Waals surface area contributed by atoms with E-state index in [0.717, 1.165) is 11.1 Å². The molecule has 1 amide bonds. The van der Waals surface area contributed by atoms with E-state index in [9.17, 15) is 9.59 Å². The van der Waals surface area contributed by atoms with Crippen molar-refractivity contribution in [3.05, 3.63) is 87.6 Å². The van der Waals surface area contributed by atoms with Gasteiger partial charge < -0.3 is 4.74 Å². The number of hydrogen-bond donors (Lipinski definition) is 1. The van der Waals surface area contributed by atoms with E-state index in [1.54, 1.807) is 48.5 Å². The average Bonchev–Trinajstić information content (AvgIpc) is 3.18. The Kier molecular flexibility index (Phi) is 5.56. The summed E-state index contributed by atoms with van der Waals surface area (Å²) >= 11 is 1.33. The molecule has 0 saturated heterocycles. The molecule has 3 rings (SSSR count). The Morgan fingerprint density at radius 1 is 1.04 bits per heavy atom. The van der Waals surface area contributed by atoms with Crippen molar-refractivity contribution < 1.29 is 14.3 Å². The largest absolute Gasteiger partial charge is 0.422 e. The fourth-order valence-corrected chi connectivity index (χ4v) is 2.71. The molecule has 2 aromatic carbocycles. The first-order valence-electron chi connectivity index (χ1n) is 7.87. The van der Waals surface area contributed by atoms with Crippen molar-refractivity contribution in [2.45, 2.75) is 6.92 Å². The number of esters is 1. The highest BCUT2D eigenvalue weighted by Gasteiger charge is 2.09. The van der Waals surface area contributed by atoms with Crippen LogP contribution in [0.5, 0.6) is 5.75 Å². The van der Waals surface area contributed by atoms with Crippen molar-refractivity contribution in [3.8, 4) is 5.75 Å². The Morgan fingerprint density at radius 3 is 2.42 bits per heavy atom. The van der Waals surface area contributed by atoms with Gasteiger partial charge in [-0.3, -0.25) is 4.79 Å². The SMILES string of the molecule is Cc1ccc(C(=O)N/N=C\c2ccc(OC(=O)c3cccs3)cc2)cc1. The third kappa shape index (κ3) is 4.64. The van der Waals surface area contributed by atoms with Gasteiger partial charge in [0.05, 0.1) is 6.21 Å². The highest BCUT2D eigenvalue weighted by Crippen LogP contribution is 2.16. The Hall–Kier alpha value is -3.25. The first-order valence-corrected chi connectivity index (χ1v) is 8.75. The van der Waals surface area contributed by atoms with E-state index >= 15 is 0 Å². The molecule has 5 nitrogen and oxygen atoms in total. The summed E-state index contributed by atoms with van der Waals surface area (Å²) in [4.78, 5) is 24.4. The maximum Gasteiger partial charge on any atom is 0.353 e. The molecule has 6 heteroatoms. The van der Waals surface area contributed by atoms with Gasteiger partial charge in [-0.25, -0.2) is 10.2 Å². The predicted molar refractivity (Wildman–Crippen MR) is 102 cm³/mol. The Labute approximate surface area is 154 Å². The van der Waals surface area contributed by atoms with Gasteiger partial charge in [0.15, 0.2) is 0 Å². The number of nitrogens with zero attached hydrogens (tertiary/aromatic N) is 1. The van der Waals surface area contributed by atoms with Gasteiger partial charge in [0.25, 0.3) is 5.91 Å². The van der Waals surface area contributed by atoms with E-state index < -0.39 is 0 Å². The number of benzene rings is 2. The fraction of sp³-hybridized carbons (Fsp3) is 0.0500. The number of hydrogen-bond acceptors (Lipinski definition) is 5. The molecule has 0 bridgehead atoms. The summed E-state index contributed by atoms with van der Waals surface area (Å²) in [5.74, 6) is -0.209. The van der Waals surface area contributed by atoms with Crippen LogP contribution >= 0.6 is 11.3 Å². The molecule has 0 saturated carbocycles. The van der Waals surface area contributed by atoms with Gasteiger partial charge in [-0.15, -0.1) is 11.3 Å². The van der Waals surface area contributed by atoms with Crippen molar-refractivity contribution in [2.24, 2.45) is 5.10 Å². The molecule has 0 aliphatic carbocycles.